The van der Waals surface area contributed by atoms with Gasteiger partial charge in [-0.15, -0.1) is 0 Å². The van der Waals surface area contributed by atoms with Gasteiger partial charge >= 0.3 is 12.1 Å². The average molecular weight is 281 g/mol. The summed E-state index contributed by atoms with van der Waals surface area (Å²) in [4.78, 5) is 0. The quantitative estimate of drug-likeness (QED) is 0.784. The van der Waals surface area contributed by atoms with E-state index in [0.717, 1.165) is 0 Å². The maximum atomic E-state index is 13.0. The molecule has 0 bridgehead atoms. The predicted octanol–water partition coefficient (Wildman–Crippen LogP) is 3.73. The lowest BCUT2D eigenvalue weighted by Crippen LogP contribution is -2.47. The molecule has 1 nitrogen and oxygen atoms in total. The minimum atomic E-state index is -5.67. The van der Waals surface area contributed by atoms with E-state index < -0.39 is 62.1 Å². The van der Waals surface area contributed by atoms with Gasteiger partial charge in [0.05, 0.1) is 0 Å². The van der Waals surface area contributed by atoms with E-state index in [9.17, 15) is 30.7 Å². The Morgan fingerprint density at radius 3 is 1.67 bits per heavy atom. The van der Waals surface area contributed by atoms with Gasteiger partial charge in [0.25, 0.3) is 0 Å². The van der Waals surface area contributed by atoms with Crippen LogP contribution in [-0.2, 0) is 0 Å². The summed E-state index contributed by atoms with van der Waals surface area (Å²) >= 11 is 0. The van der Waals surface area contributed by atoms with Crippen molar-refractivity contribution in [2.75, 3.05) is 6.54 Å². The molecule has 1 aliphatic rings. The van der Waals surface area contributed by atoms with E-state index in [1.54, 1.807) is 0 Å². The number of hydrogen-bond donors (Lipinski definition) is 1. The average Bonchev–Trinajstić information content (AvgIpc) is 2.20. The predicted molar refractivity (Wildman–Crippen MR) is 50.5 cm³/mol. The lowest BCUT2D eigenvalue weighted by Gasteiger charge is -2.41. The molecule has 0 unspecified atom stereocenters. The van der Waals surface area contributed by atoms with Gasteiger partial charge in [0, 0.05) is 19.3 Å². The van der Waals surface area contributed by atoms with Gasteiger partial charge in [0.15, 0.2) is 0 Å². The third-order valence-electron chi connectivity index (χ3n) is 3.49. The molecule has 18 heavy (non-hydrogen) atoms. The molecule has 1 fully saturated rings. The minimum absolute atomic E-state index is 0.415. The topological polar surface area (TPSA) is 26.0 Å². The van der Waals surface area contributed by atoms with Crippen molar-refractivity contribution in [1.82, 2.24) is 0 Å². The molecule has 1 aliphatic carbocycles. The monoisotopic (exact) mass is 281 g/mol. The first-order valence-corrected chi connectivity index (χ1v) is 5.46. The van der Waals surface area contributed by atoms with E-state index >= 15 is 0 Å². The third-order valence-corrected chi connectivity index (χ3v) is 3.49. The van der Waals surface area contributed by atoms with Crippen molar-refractivity contribution >= 4 is 0 Å². The Labute approximate surface area is 99.5 Å². The highest BCUT2D eigenvalue weighted by Crippen LogP contribution is 2.51. The van der Waals surface area contributed by atoms with Gasteiger partial charge in [0.2, 0.25) is 5.92 Å². The summed E-state index contributed by atoms with van der Waals surface area (Å²) in [5.41, 5.74) is 3.68. The van der Waals surface area contributed by atoms with Crippen LogP contribution < -0.4 is 5.73 Å². The SMILES string of the molecule is NCC1(CC(F)(F)C(F)(F)F)CCC(F)(F)CC1. The van der Waals surface area contributed by atoms with Crippen LogP contribution in [0.5, 0.6) is 0 Å². The number of nitrogens with two attached hydrogens (primary N) is 1. The molecule has 108 valence electrons. The molecule has 0 atom stereocenters. The zero-order chi connectivity index (χ0) is 14.2. The van der Waals surface area contributed by atoms with Crippen LogP contribution in [-0.4, -0.2) is 24.6 Å². The zero-order valence-corrected chi connectivity index (χ0v) is 9.47. The van der Waals surface area contributed by atoms with E-state index in [1.807, 2.05) is 0 Å². The van der Waals surface area contributed by atoms with Crippen LogP contribution in [0.4, 0.5) is 30.7 Å². The van der Waals surface area contributed by atoms with Crippen molar-refractivity contribution < 1.29 is 30.7 Å². The summed E-state index contributed by atoms with van der Waals surface area (Å²) in [7, 11) is 0. The van der Waals surface area contributed by atoms with Gasteiger partial charge in [-0.2, -0.15) is 22.0 Å². The first kappa shape index (κ1) is 15.5. The molecule has 0 spiro atoms. The Morgan fingerprint density at radius 1 is 0.889 bits per heavy atom. The van der Waals surface area contributed by atoms with Crippen LogP contribution in [0.3, 0.4) is 0 Å². The molecule has 0 aliphatic heterocycles. The molecule has 2 N–H and O–H groups in total. The number of halogens is 7. The molecule has 0 aromatic carbocycles. The molecular weight excluding hydrogens is 267 g/mol. The molecule has 1 saturated carbocycles. The lowest BCUT2D eigenvalue weighted by molar-refractivity contribution is -0.294. The van der Waals surface area contributed by atoms with Gasteiger partial charge < -0.3 is 5.73 Å². The molecule has 0 radical (unpaired) electrons. The van der Waals surface area contributed by atoms with Crippen LogP contribution in [0.15, 0.2) is 0 Å². The first-order chi connectivity index (χ1) is 7.93. The summed E-state index contributed by atoms with van der Waals surface area (Å²) in [5.74, 6) is -7.88. The van der Waals surface area contributed by atoms with Gasteiger partial charge in [-0.05, 0) is 24.8 Å². The Bertz CT molecular complexity index is 287. The first-order valence-electron chi connectivity index (χ1n) is 5.46. The molecule has 0 heterocycles. The van der Waals surface area contributed by atoms with Crippen LogP contribution >= 0.6 is 0 Å². The summed E-state index contributed by atoms with van der Waals surface area (Å²) in [5, 5.41) is 0. The highest BCUT2D eigenvalue weighted by molar-refractivity contribution is 4.94. The fraction of sp³-hybridized carbons (Fsp3) is 1.00. The second kappa shape index (κ2) is 4.54. The maximum Gasteiger partial charge on any atom is 0.453 e. The highest BCUT2D eigenvalue weighted by Gasteiger charge is 2.61. The molecule has 8 heteroatoms. The van der Waals surface area contributed by atoms with Gasteiger partial charge in [-0.3, -0.25) is 0 Å². The molecule has 0 amide bonds. The Morgan fingerprint density at radius 2 is 1.33 bits per heavy atom. The van der Waals surface area contributed by atoms with Crippen molar-refractivity contribution in [3.8, 4) is 0 Å². The van der Waals surface area contributed by atoms with E-state index in [2.05, 4.69) is 0 Å². The Hall–Kier alpha value is -0.530. The van der Waals surface area contributed by atoms with E-state index in [1.165, 1.54) is 0 Å². The molecule has 1 rings (SSSR count). The molecule has 0 aromatic rings. The largest absolute Gasteiger partial charge is 0.453 e. The molecule has 0 aromatic heterocycles. The fourth-order valence-electron chi connectivity index (χ4n) is 2.17. The van der Waals surface area contributed by atoms with E-state index in [4.69, 9.17) is 5.73 Å². The van der Waals surface area contributed by atoms with Crippen molar-refractivity contribution in [3.05, 3.63) is 0 Å². The standard InChI is InChI=1S/C10H14F7N/c11-8(12)3-1-7(6-18,2-4-8)5-9(13,14)10(15,16)17/h1-6,18H2. The van der Waals surface area contributed by atoms with Gasteiger partial charge in [-0.1, -0.05) is 0 Å². The smallest absolute Gasteiger partial charge is 0.330 e. The van der Waals surface area contributed by atoms with Crippen molar-refractivity contribution in [3.63, 3.8) is 0 Å². The lowest BCUT2D eigenvalue weighted by atomic mass is 9.69. The summed E-state index contributed by atoms with van der Waals surface area (Å²) in [6.45, 7) is -0.450. The number of rotatable bonds is 3. The van der Waals surface area contributed by atoms with Crippen LogP contribution in [0.2, 0.25) is 0 Å². The minimum Gasteiger partial charge on any atom is -0.330 e. The van der Waals surface area contributed by atoms with Gasteiger partial charge in [-0.25, -0.2) is 8.78 Å². The Balaban J connectivity index is 2.80. The summed E-state index contributed by atoms with van der Waals surface area (Å²) in [6.07, 6.45) is -9.41. The van der Waals surface area contributed by atoms with E-state index in [-0.39, 0.29) is 0 Å². The van der Waals surface area contributed by atoms with Crippen LogP contribution in [0.25, 0.3) is 0 Å². The van der Waals surface area contributed by atoms with Crippen molar-refractivity contribution in [2.45, 2.75) is 50.1 Å². The number of alkyl halides is 7. The van der Waals surface area contributed by atoms with Crippen LogP contribution in [0.1, 0.15) is 32.1 Å². The molecule has 0 saturated heterocycles. The second-order valence-electron chi connectivity index (χ2n) is 4.94. The zero-order valence-electron chi connectivity index (χ0n) is 9.47. The Kier molecular flexibility index (Phi) is 3.92. The van der Waals surface area contributed by atoms with Crippen LogP contribution in [0, 0.1) is 5.41 Å². The number of hydrogen-bond acceptors (Lipinski definition) is 1. The fourth-order valence-corrected chi connectivity index (χ4v) is 2.17. The third kappa shape index (κ3) is 3.27. The molecular formula is C10H14F7N. The summed E-state index contributed by atoms with van der Waals surface area (Å²) < 4.78 is 88.1. The normalized spacial score (nSPS) is 24.0. The van der Waals surface area contributed by atoms with E-state index in [0.29, 0.717) is 0 Å². The van der Waals surface area contributed by atoms with Crippen molar-refractivity contribution in [1.29, 1.82) is 0 Å². The maximum absolute atomic E-state index is 13.0. The highest BCUT2D eigenvalue weighted by atomic mass is 19.4. The van der Waals surface area contributed by atoms with Gasteiger partial charge in [0.1, 0.15) is 0 Å². The second-order valence-corrected chi connectivity index (χ2v) is 4.94. The summed E-state index contributed by atoms with van der Waals surface area (Å²) in [6, 6.07) is 0. The van der Waals surface area contributed by atoms with Crippen molar-refractivity contribution in [2.24, 2.45) is 11.1 Å².